The largest absolute Gasteiger partial charge is 0.342 e. The summed E-state index contributed by atoms with van der Waals surface area (Å²) in [6, 6.07) is 10.9. The predicted octanol–water partition coefficient (Wildman–Crippen LogP) is 3.48. The van der Waals surface area contributed by atoms with Crippen molar-refractivity contribution in [3.63, 3.8) is 0 Å². The number of imidazole rings is 1. The molecular weight excluding hydrogens is 414 g/mol. The molecular formula is C23H24ClN5O2. The molecule has 2 aliphatic heterocycles. The van der Waals surface area contributed by atoms with Crippen LogP contribution in [-0.2, 0) is 4.79 Å². The van der Waals surface area contributed by atoms with Gasteiger partial charge in [-0.25, -0.2) is 9.97 Å². The summed E-state index contributed by atoms with van der Waals surface area (Å²) in [6.07, 6.45) is 4.03. The average molecular weight is 438 g/mol. The maximum atomic E-state index is 13.1. The number of carbonyl (C=O) groups is 2. The molecule has 2 saturated heterocycles. The van der Waals surface area contributed by atoms with Crippen molar-refractivity contribution in [2.24, 2.45) is 5.92 Å². The smallest absolute Gasteiger partial charge is 0.253 e. The third-order valence-electron chi connectivity index (χ3n) is 6.37. The van der Waals surface area contributed by atoms with Crippen LogP contribution in [-0.4, -0.2) is 62.7 Å². The Bertz CT molecular complexity index is 1090. The lowest BCUT2D eigenvalue weighted by atomic mass is 9.95. The Labute approximate surface area is 185 Å². The SMILES string of the molecule is O=C(c1cccc(Cl)c1)N1CCC(C(=O)N2CCC(c3nc4ncccc4[nH]3)C2)CC1. The van der Waals surface area contributed by atoms with Crippen LogP contribution in [0.4, 0.5) is 0 Å². The molecule has 1 aromatic carbocycles. The maximum Gasteiger partial charge on any atom is 0.253 e. The number of H-pyrrole nitrogens is 1. The Hall–Kier alpha value is -2.93. The van der Waals surface area contributed by atoms with E-state index in [1.165, 1.54) is 0 Å². The van der Waals surface area contributed by atoms with Crippen LogP contribution in [0.5, 0.6) is 0 Å². The highest BCUT2D eigenvalue weighted by atomic mass is 35.5. The highest BCUT2D eigenvalue weighted by Gasteiger charge is 2.35. The van der Waals surface area contributed by atoms with Gasteiger partial charge in [0, 0.05) is 54.8 Å². The quantitative estimate of drug-likeness (QED) is 0.680. The highest BCUT2D eigenvalue weighted by molar-refractivity contribution is 6.30. The molecule has 8 heteroatoms. The van der Waals surface area contributed by atoms with Gasteiger partial charge in [0.05, 0.1) is 5.52 Å². The molecule has 0 bridgehead atoms. The van der Waals surface area contributed by atoms with Crippen molar-refractivity contribution in [1.82, 2.24) is 24.8 Å². The van der Waals surface area contributed by atoms with Crippen molar-refractivity contribution < 1.29 is 9.59 Å². The zero-order chi connectivity index (χ0) is 21.4. The van der Waals surface area contributed by atoms with E-state index in [-0.39, 0.29) is 23.7 Å². The predicted molar refractivity (Wildman–Crippen MR) is 118 cm³/mol. The van der Waals surface area contributed by atoms with E-state index in [1.54, 1.807) is 30.5 Å². The Balaban J connectivity index is 1.18. The zero-order valence-corrected chi connectivity index (χ0v) is 17.9. The van der Waals surface area contributed by atoms with E-state index in [0.29, 0.717) is 43.1 Å². The first kappa shape index (κ1) is 20.0. The Morgan fingerprint density at radius 2 is 1.84 bits per heavy atom. The zero-order valence-electron chi connectivity index (χ0n) is 17.1. The van der Waals surface area contributed by atoms with E-state index in [0.717, 1.165) is 30.0 Å². The van der Waals surface area contributed by atoms with E-state index in [4.69, 9.17) is 11.6 Å². The minimum Gasteiger partial charge on any atom is -0.342 e. The van der Waals surface area contributed by atoms with Crippen molar-refractivity contribution >= 4 is 34.6 Å². The summed E-state index contributed by atoms with van der Waals surface area (Å²) >= 11 is 6.01. The first-order valence-electron chi connectivity index (χ1n) is 10.7. The molecule has 5 rings (SSSR count). The number of carbonyl (C=O) groups excluding carboxylic acids is 2. The van der Waals surface area contributed by atoms with Gasteiger partial charge >= 0.3 is 0 Å². The average Bonchev–Trinajstić information content (AvgIpc) is 3.45. The molecule has 160 valence electrons. The van der Waals surface area contributed by atoms with E-state index < -0.39 is 0 Å². The van der Waals surface area contributed by atoms with Gasteiger partial charge in [0.1, 0.15) is 5.82 Å². The van der Waals surface area contributed by atoms with Gasteiger partial charge in [0.25, 0.3) is 5.91 Å². The number of rotatable bonds is 3. The molecule has 31 heavy (non-hydrogen) atoms. The topological polar surface area (TPSA) is 82.2 Å². The van der Waals surface area contributed by atoms with E-state index in [2.05, 4.69) is 15.0 Å². The number of hydrogen-bond donors (Lipinski definition) is 1. The number of benzene rings is 1. The van der Waals surface area contributed by atoms with Crippen LogP contribution in [0.3, 0.4) is 0 Å². The number of pyridine rings is 1. The van der Waals surface area contributed by atoms with E-state index in [9.17, 15) is 9.59 Å². The number of aromatic nitrogens is 3. The highest BCUT2D eigenvalue weighted by Crippen LogP contribution is 2.30. The van der Waals surface area contributed by atoms with Crippen molar-refractivity contribution in [3.05, 3.63) is 59.0 Å². The molecule has 0 spiro atoms. The van der Waals surface area contributed by atoms with Crippen LogP contribution in [0.1, 0.15) is 41.4 Å². The number of amides is 2. The number of piperidine rings is 1. The van der Waals surface area contributed by atoms with Gasteiger partial charge < -0.3 is 14.8 Å². The minimum atomic E-state index is -0.0282. The van der Waals surface area contributed by atoms with Gasteiger partial charge in [0.15, 0.2) is 5.65 Å². The van der Waals surface area contributed by atoms with Crippen LogP contribution in [0, 0.1) is 5.92 Å². The summed E-state index contributed by atoms with van der Waals surface area (Å²) < 4.78 is 0. The van der Waals surface area contributed by atoms with Crippen LogP contribution < -0.4 is 0 Å². The second-order valence-corrected chi connectivity index (χ2v) is 8.78. The van der Waals surface area contributed by atoms with Crippen LogP contribution >= 0.6 is 11.6 Å². The number of aromatic amines is 1. The molecule has 2 amide bonds. The van der Waals surface area contributed by atoms with Gasteiger partial charge in [-0.3, -0.25) is 9.59 Å². The summed E-state index contributed by atoms with van der Waals surface area (Å²) in [5.41, 5.74) is 2.25. The van der Waals surface area contributed by atoms with Gasteiger partial charge in [-0.05, 0) is 49.6 Å². The van der Waals surface area contributed by atoms with Crippen LogP contribution in [0.2, 0.25) is 5.02 Å². The molecule has 2 aromatic heterocycles. The van der Waals surface area contributed by atoms with Crippen molar-refractivity contribution in [2.45, 2.75) is 25.2 Å². The van der Waals surface area contributed by atoms with E-state index >= 15 is 0 Å². The number of likely N-dealkylation sites (tertiary alicyclic amines) is 2. The number of hydrogen-bond acceptors (Lipinski definition) is 4. The summed E-state index contributed by atoms with van der Waals surface area (Å²) in [5.74, 6) is 1.27. The summed E-state index contributed by atoms with van der Waals surface area (Å²) in [5, 5.41) is 0.555. The monoisotopic (exact) mass is 437 g/mol. The Morgan fingerprint density at radius 3 is 2.61 bits per heavy atom. The fourth-order valence-corrected chi connectivity index (χ4v) is 4.82. The number of halogens is 1. The third kappa shape index (κ3) is 4.02. The van der Waals surface area contributed by atoms with Gasteiger partial charge in [-0.1, -0.05) is 17.7 Å². The molecule has 7 nitrogen and oxygen atoms in total. The fourth-order valence-electron chi connectivity index (χ4n) is 4.63. The second kappa shape index (κ2) is 8.30. The molecule has 1 unspecified atom stereocenters. The molecule has 0 saturated carbocycles. The Kier molecular flexibility index (Phi) is 5.36. The number of nitrogens with zero attached hydrogens (tertiary/aromatic N) is 4. The lowest BCUT2D eigenvalue weighted by molar-refractivity contribution is -0.135. The molecule has 1 atom stereocenters. The minimum absolute atomic E-state index is 0.0202. The van der Waals surface area contributed by atoms with Crippen molar-refractivity contribution in [1.29, 1.82) is 0 Å². The normalized spacial score (nSPS) is 19.8. The maximum absolute atomic E-state index is 13.1. The standard InChI is InChI=1S/C23H24ClN5O2/c24-18-4-1-3-16(13-18)23(31)28-10-6-15(7-11-28)22(30)29-12-8-17(14-29)20-26-19-5-2-9-25-21(19)27-20/h1-5,9,13,15,17H,6-8,10-12,14H2,(H,25,26,27). The third-order valence-corrected chi connectivity index (χ3v) is 6.60. The van der Waals surface area contributed by atoms with Crippen LogP contribution in [0.25, 0.3) is 11.2 Å². The summed E-state index contributed by atoms with van der Waals surface area (Å²) in [7, 11) is 0. The summed E-state index contributed by atoms with van der Waals surface area (Å²) in [4.78, 5) is 41.8. The van der Waals surface area contributed by atoms with Gasteiger partial charge in [-0.15, -0.1) is 0 Å². The molecule has 4 heterocycles. The Morgan fingerprint density at radius 1 is 1.03 bits per heavy atom. The lowest BCUT2D eigenvalue weighted by Gasteiger charge is -2.33. The molecule has 2 aliphatic rings. The van der Waals surface area contributed by atoms with Gasteiger partial charge in [0.2, 0.25) is 5.91 Å². The van der Waals surface area contributed by atoms with Crippen molar-refractivity contribution in [3.8, 4) is 0 Å². The lowest BCUT2D eigenvalue weighted by Crippen LogP contribution is -2.43. The second-order valence-electron chi connectivity index (χ2n) is 8.34. The molecule has 0 aliphatic carbocycles. The molecule has 0 radical (unpaired) electrons. The molecule has 3 aromatic rings. The summed E-state index contributed by atoms with van der Waals surface area (Å²) in [6.45, 7) is 2.61. The van der Waals surface area contributed by atoms with Crippen molar-refractivity contribution in [2.75, 3.05) is 26.2 Å². The number of fused-ring (bicyclic) bond motifs is 1. The first-order valence-corrected chi connectivity index (χ1v) is 11.1. The molecule has 2 fully saturated rings. The first-order chi connectivity index (χ1) is 15.1. The van der Waals surface area contributed by atoms with Gasteiger partial charge in [-0.2, -0.15) is 0 Å². The van der Waals surface area contributed by atoms with E-state index in [1.807, 2.05) is 21.9 Å². The number of nitrogens with one attached hydrogen (secondary N) is 1. The molecule has 1 N–H and O–H groups in total. The fraction of sp³-hybridized carbons (Fsp3) is 0.391. The van der Waals surface area contributed by atoms with Crippen LogP contribution in [0.15, 0.2) is 42.6 Å².